The minimum Gasteiger partial charge on any atom is -0.299 e. The minimum absolute atomic E-state index is 0.0620. The zero-order valence-corrected chi connectivity index (χ0v) is 29.8. The fourth-order valence-electron chi connectivity index (χ4n) is 7.33. The lowest BCUT2D eigenvalue weighted by molar-refractivity contribution is 0.660. The smallest absolute Gasteiger partial charge is 0.118 e. The van der Waals surface area contributed by atoms with E-state index in [0.29, 0.717) is 17.0 Å². The van der Waals surface area contributed by atoms with Gasteiger partial charge in [-0.2, -0.15) is 5.10 Å². The first kappa shape index (κ1) is 32.8. The molecule has 0 unspecified atom stereocenters. The molecule has 0 fully saturated rings. The number of anilines is 1. The number of benzene rings is 3. The molecule has 0 saturated heterocycles. The molecule has 7 nitrogen and oxygen atoms in total. The normalized spacial score (nSPS) is 14.9. The molecule has 0 atom stereocenters. The Balaban J connectivity index is 1.04. The predicted octanol–water partition coefficient (Wildman–Crippen LogP) is 10.5. The van der Waals surface area contributed by atoms with Crippen LogP contribution in [0.4, 0.5) is 5.69 Å². The van der Waals surface area contributed by atoms with Crippen LogP contribution in [0.2, 0.25) is 0 Å². The molecule has 9 rings (SSSR count). The van der Waals surface area contributed by atoms with Gasteiger partial charge in [-0.3, -0.25) is 20.8 Å². The molecule has 0 saturated carbocycles. The Labute approximate surface area is 314 Å². The molecule has 0 radical (unpaired) electrons. The number of nitrogens with zero attached hydrogens (tertiary/aromatic N) is 5. The molecule has 0 aliphatic heterocycles. The zero-order valence-electron chi connectivity index (χ0n) is 29.8. The highest BCUT2D eigenvalue weighted by Crippen LogP contribution is 2.49. The average Bonchev–Trinajstić information content (AvgIpc) is 3.46. The van der Waals surface area contributed by atoms with Gasteiger partial charge in [0.2, 0.25) is 0 Å². The van der Waals surface area contributed by atoms with Gasteiger partial charge >= 0.3 is 0 Å². The van der Waals surface area contributed by atoms with E-state index in [-0.39, 0.29) is 11.1 Å². The van der Waals surface area contributed by atoms with Crippen LogP contribution in [0.25, 0.3) is 56.2 Å². The van der Waals surface area contributed by atoms with E-state index in [0.717, 1.165) is 45.3 Å². The highest BCUT2D eigenvalue weighted by atomic mass is 15.3. The zero-order chi connectivity index (χ0) is 36.6. The van der Waals surface area contributed by atoms with Crippen molar-refractivity contribution < 1.29 is 0 Å². The van der Waals surface area contributed by atoms with Crippen molar-refractivity contribution in [3.05, 3.63) is 187 Å². The van der Waals surface area contributed by atoms with E-state index in [1.807, 2.05) is 91.0 Å². The summed E-state index contributed by atoms with van der Waals surface area (Å²) in [5.74, 6) is 0. The molecule has 7 heteroatoms. The van der Waals surface area contributed by atoms with Gasteiger partial charge in [-0.05, 0) is 112 Å². The molecular weight excluding hydrogens is 663 g/mol. The predicted molar refractivity (Wildman–Crippen MR) is 219 cm³/mol. The van der Waals surface area contributed by atoms with E-state index >= 15 is 0 Å². The third-order valence-electron chi connectivity index (χ3n) is 10.1. The number of hydrazone groups is 1. The monoisotopic (exact) mass is 697 g/mol. The molecule has 3 aromatic carbocycles. The molecule has 54 heavy (non-hydrogen) atoms. The first-order valence-corrected chi connectivity index (χ1v) is 17.9. The SMILES string of the molecule is CC1(C)c2ccccc2-c2ccc(-c3ccc(N/N=C4\C(=N)C=C(c5cccc(-c6ccccn6)n5)C=C4c4cccc(-c5ccccn5)n4)cc3)cc21. The van der Waals surface area contributed by atoms with Gasteiger partial charge in [0, 0.05) is 29.0 Å². The first-order valence-electron chi connectivity index (χ1n) is 17.9. The maximum Gasteiger partial charge on any atom is 0.118 e. The van der Waals surface area contributed by atoms with Gasteiger partial charge in [0.25, 0.3) is 0 Å². The largest absolute Gasteiger partial charge is 0.299 e. The Kier molecular flexibility index (Phi) is 8.16. The van der Waals surface area contributed by atoms with Gasteiger partial charge in [-0.25, -0.2) is 9.97 Å². The Morgan fingerprint density at radius 2 is 1.13 bits per heavy atom. The van der Waals surface area contributed by atoms with Crippen molar-refractivity contribution >= 4 is 28.3 Å². The second-order valence-electron chi connectivity index (χ2n) is 13.9. The van der Waals surface area contributed by atoms with Gasteiger partial charge in [0.1, 0.15) is 5.71 Å². The summed E-state index contributed by atoms with van der Waals surface area (Å²) in [4.78, 5) is 18.9. The quantitative estimate of drug-likeness (QED) is 0.128. The molecule has 7 aromatic rings. The minimum atomic E-state index is -0.0620. The summed E-state index contributed by atoms with van der Waals surface area (Å²) in [7, 11) is 0. The standard InChI is InChI=1S/C47H35N7/c1-47(2)37-12-4-3-11-34(37)35-24-21-31(28-38(35)47)30-19-22-33(23-20-30)53-54-46-36(41-16-10-18-45(52-41)43-14-6-8-26-50-43)27-32(29-39(46)48)40-15-9-17-44(51-40)42-13-5-7-25-49-42/h3-29,48,53H,1-2H3/b48-39?,54-46-. The number of hydrogen-bond acceptors (Lipinski definition) is 7. The van der Waals surface area contributed by atoms with E-state index in [1.54, 1.807) is 18.5 Å². The molecule has 4 heterocycles. The van der Waals surface area contributed by atoms with Crippen LogP contribution in [-0.4, -0.2) is 31.4 Å². The van der Waals surface area contributed by atoms with E-state index in [1.165, 1.54) is 27.8 Å². The summed E-state index contributed by atoms with van der Waals surface area (Å²) in [6.07, 6.45) is 7.32. The number of allylic oxidation sites excluding steroid dienone is 4. The highest BCUT2D eigenvalue weighted by Gasteiger charge is 2.35. The number of hydrogen-bond donors (Lipinski definition) is 2. The van der Waals surface area contributed by atoms with E-state index in [9.17, 15) is 5.41 Å². The van der Waals surface area contributed by atoms with Gasteiger partial charge in [-0.1, -0.05) is 86.6 Å². The second-order valence-corrected chi connectivity index (χ2v) is 13.9. The lowest BCUT2D eigenvalue weighted by atomic mass is 9.81. The van der Waals surface area contributed by atoms with Gasteiger partial charge < -0.3 is 0 Å². The molecule has 2 aliphatic rings. The number of aromatic nitrogens is 4. The Morgan fingerprint density at radius 3 is 1.83 bits per heavy atom. The fraction of sp³-hybridized carbons (Fsp3) is 0.0638. The Morgan fingerprint density at radius 1 is 0.537 bits per heavy atom. The van der Waals surface area contributed by atoms with Crippen molar-refractivity contribution in [1.29, 1.82) is 5.41 Å². The maximum absolute atomic E-state index is 9.23. The van der Waals surface area contributed by atoms with Crippen molar-refractivity contribution in [2.75, 3.05) is 5.43 Å². The van der Waals surface area contributed by atoms with E-state index < -0.39 is 0 Å². The summed E-state index contributed by atoms with van der Waals surface area (Å²) < 4.78 is 0. The lowest BCUT2D eigenvalue weighted by Crippen LogP contribution is -2.20. The highest BCUT2D eigenvalue weighted by molar-refractivity contribution is 6.62. The van der Waals surface area contributed by atoms with Crippen molar-refractivity contribution in [3.8, 4) is 45.0 Å². The third-order valence-corrected chi connectivity index (χ3v) is 10.1. The van der Waals surface area contributed by atoms with Crippen LogP contribution in [0.3, 0.4) is 0 Å². The van der Waals surface area contributed by atoms with Gasteiger partial charge in [0.15, 0.2) is 0 Å². The second kappa shape index (κ2) is 13.5. The van der Waals surface area contributed by atoms with Crippen LogP contribution in [0, 0.1) is 5.41 Å². The molecule has 0 bridgehead atoms. The number of rotatable bonds is 7. The lowest BCUT2D eigenvalue weighted by Gasteiger charge is -2.22. The van der Waals surface area contributed by atoms with Crippen LogP contribution in [0.1, 0.15) is 36.4 Å². The summed E-state index contributed by atoms with van der Waals surface area (Å²) in [5, 5.41) is 14.0. The fourth-order valence-corrected chi connectivity index (χ4v) is 7.33. The molecule has 4 aromatic heterocycles. The van der Waals surface area contributed by atoms with Crippen molar-refractivity contribution in [1.82, 2.24) is 19.9 Å². The Bertz CT molecular complexity index is 2660. The van der Waals surface area contributed by atoms with Crippen LogP contribution in [0.5, 0.6) is 0 Å². The van der Waals surface area contributed by atoms with Crippen LogP contribution < -0.4 is 5.43 Å². The van der Waals surface area contributed by atoms with E-state index in [4.69, 9.17) is 15.1 Å². The molecule has 258 valence electrons. The topological polar surface area (TPSA) is 99.8 Å². The number of pyridine rings is 4. The number of nitrogens with one attached hydrogen (secondary N) is 2. The van der Waals surface area contributed by atoms with Gasteiger partial charge in [-0.15, -0.1) is 0 Å². The maximum atomic E-state index is 9.23. The summed E-state index contributed by atoms with van der Waals surface area (Å²) in [5.41, 5.74) is 18.2. The van der Waals surface area contributed by atoms with Crippen molar-refractivity contribution in [3.63, 3.8) is 0 Å². The summed E-state index contributed by atoms with van der Waals surface area (Å²) >= 11 is 0. The molecule has 2 aliphatic carbocycles. The molecule has 2 N–H and O–H groups in total. The van der Waals surface area contributed by atoms with Gasteiger partial charge in [0.05, 0.1) is 45.6 Å². The number of fused-ring (bicyclic) bond motifs is 3. The Hall–Kier alpha value is -7.12. The molecule has 0 amide bonds. The first-order chi connectivity index (χ1) is 26.4. The van der Waals surface area contributed by atoms with Crippen LogP contribution >= 0.6 is 0 Å². The van der Waals surface area contributed by atoms with Crippen LogP contribution in [-0.2, 0) is 5.41 Å². The average molecular weight is 698 g/mol. The molecule has 0 spiro atoms. The van der Waals surface area contributed by atoms with Crippen molar-refractivity contribution in [2.45, 2.75) is 19.3 Å². The third kappa shape index (κ3) is 6.01. The van der Waals surface area contributed by atoms with Crippen molar-refractivity contribution in [2.24, 2.45) is 5.10 Å². The summed E-state index contributed by atoms with van der Waals surface area (Å²) in [6, 6.07) is 47.0. The molecular formula is C47H35N7. The summed E-state index contributed by atoms with van der Waals surface area (Å²) in [6.45, 7) is 4.61. The van der Waals surface area contributed by atoms with Crippen LogP contribution in [0.15, 0.2) is 169 Å². The van der Waals surface area contributed by atoms with E-state index in [2.05, 4.69) is 83.8 Å².